The molecule has 1 aliphatic rings. The number of unbranched alkanes of at least 4 members (excludes halogenated alkanes) is 4. The van der Waals surface area contributed by atoms with Gasteiger partial charge < -0.3 is 10.2 Å². The molecule has 0 aromatic rings. The average molecular weight is 296 g/mol. The van der Waals surface area contributed by atoms with Crippen LogP contribution in [0.5, 0.6) is 0 Å². The highest BCUT2D eigenvalue weighted by molar-refractivity contribution is 5.97. The Morgan fingerprint density at radius 2 is 1.67 bits per heavy atom. The molecule has 1 N–H and O–H groups in total. The lowest BCUT2D eigenvalue weighted by Gasteiger charge is -2.43. The van der Waals surface area contributed by atoms with Gasteiger partial charge in [-0.25, -0.2) is 0 Å². The van der Waals surface area contributed by atoms with Crippen LogP contribution in [-0.2, 0) is 9.59 Å². The van der Waals surface area contributed by atoms with Crippen LogP contribution in [0.2, 0.25) is 0 Å². The molecule has 1 fully saturated rings. The number of piperazine rings is 1. The molecule has 1 aliphatic heterocycles. The maximum Gasteiger partial charge on any atom is 0.246 e. The minimum Gasteiger partial charge on any atom is -0.342 e. The van der Waals surface area contributed by atoms with Crippen LogP contribution >= 0.6 is 0 Å². The third-order valence-corrected chi connectivity index (χ3v) is 4.25. The molecule has 21 heavy (non-hydrogen) atoms. The Balaban J connectivity index is 2.70. The van der Waals surface area contributed by atoms with Gasteiger partial charge in [0.05, 0.1) is 0 Å². The first-order chi connectivity index (χ1) is 9.82. The highest BCUT2D eigenvalue weighted by Gasteiger charge is 2.44. The number of hydrogen-bond donors (Lipinski definition) is 1. The van der Waals surface area contributed by atoms with Gasteiger partial charge in [-0.15, -0.1) is 0 Å². The summed E-state index contributed by atoms with van der Waals surface area (Å²) in [5, 5.41) is 2.92. The van der Waals surface area contributed by atoms with Crippen molar-refractivity contribution in [1.29, 1.82) is 0 Å². The van der Waals surface area contributed by atoms with E-state index in [1.807, 2.05) is 32.6 Å². The Kier molecular flexibility index (Phi) is 6.69. The van der Waals surface area contributed by atoms with Crippen molar-refractivity contribution in [2.75, 3.05) is 6.54 Å². The molecule has 0 aromatic carbocycles. The third kappa shape index (κ3) is 4.72. The van der Waals surface area contributed by atoms with Gasteiger partial charge in [0.1, 0.15) is 12.1 Å². The van der Waals surface area contributed by atoms with Gasteiger partial charge in [0.25, 0.3) is 0 Å². The zero-order valence-corrected chi connectivity index (χ0v) is 14.4. The van der Waals surface area contributed by atoms with Crippen LogP contribution in [0.1, 0.15) is 73.1 Å². The molecule has 1 rings (SSSR count). The molecule has 2 amide bonds. The lowest BCUT2D eigenvalue weighted by molar-refractivity contribution is -0.152. The summed E-state index contributed by atoms with van der Waals surface area (Å²) in [6, 6.07) is -0.689. The number of hydrogen-bond acceptors (Lipinski definition) is 2. The maximum absolute atomic E-state index is 12.7. The highest BCUT2D eigenvalue weighted by atomic mass is 16.2. The standard InChI is InChI=1S/C17H32N2O2/c1-6-8-9-10-11-12-19-13(7-2)15(20)18-14(16(19)21)17(3,4)5/h13-14H,6-12H2,1-5H3,(H,18,20). The van der Waals surface area contributed by atoms with E-state index in [1.165, 1.54) is 19.3 Å². The van der Waals surface area contributed by atoms with Crippen molar-refractivity contribution in [2.24, 2.45) is 5.41 Å². The second-order valence-electron chi connectivity index (χ2n) is 7.18. The summed E-state index contributed by atoms with van der Waals surface area (Å²) in [5.74, 6) is 0.0926. The van der Waals surface area contributed by atoms with Gasteiger partial charge >= 0.3 is 0 Å². The predicted molar refractivity (Wildman–Crippen MR) is 85.9 cm³/mol. The van der Waals surface area contributed by atoms with Crippen LogP contribution in [0, 0.1) is 5.41 Å². The van der Waals surface area contributed by atoms with Gasteiger partial charge in [0.2, 0.25) is 11.8 Å². The topological polar surface area (TPSA) is 49.4 Å². The van der Waals surface area contributed by atoms with Crippen molar-refractivity contribution in [3.8, 4) is 0 Å². The van der Waals surface area contributed by atoms with Gasteiger partial charge in [0, 0.05) is 6.54 Å². The van der Waals surface area contributed by atoms with Crippen LogP contribution in [0.4, 0.5) is 0 Å². The molecule has 4 nitrogen and oxygen atoms in total. The molecule has 4 heteroatoms. The Hall–Kier alpha value is -1.06. The lowest BCUT2D eigenvalue weighted by Crippen LogP contribution is -2.66. The second-order valence-corrected chi connectivity index (χ2v) is 7.18. The van der Waals surface area contributed by atoms with Gasteiger partial charge in [-0.1, -0.05) is 60.3 Å². The summed E-state index contributed by atoms with van der Waals surface area (Å²) in [6.07, 6.45) is 6.49. The Morgan fingerprint density at radius 3 is 2.19 bits per heavy atom. The van der Waals surface area contributed by atoms with Gasteiger partial charge in [-0.2, -0.15) is 0 Å². The number of amides is 2. The zero-order chi connectivity index (χ0) is 16.0. The first kappa shape index (κ1) is 18.0. The SMILES string of the molecule is CCCCCCCN1C(=O)C(C(C)(C)C)NC(=O)C1CC. The zero-order valence-electron chi connectivity index (χ0n) is 14.4. The molecule has 0 radical (unpaired) electrons. The van der Waals surface area contributed by atoms with Crippen LogP contribution in [0.15, 0.2) is 0 Å². The van der Waals surface area contributed by atoms with E-state index in [9.17, 15) is 9.59 Å². The number of nitrogens with zero attached hydrogens (tertiary/aromatic N) is 1. The van der Waals surface area contributed by atoms with Crippen molar-refractivity contribution in [3.63, 3.8) is 0 Å². The number of carbonyl (C=O) groups excluding carboxylic acids is 2. The van der Waals surface area contributed by atoms with Crippen LogP contribution in [0.25, 0.3) is 0 Å². The largest absolute Gasteiger partial charge is 0.342 e. The quantitative estimate of drug-likeness (QED) is 0.734. The van der Waals surface area contributed by atoms with Crippen molar-refractivity contribution < 1.29 is 9.59 Å². The van der Waals surface area contributed by atoms with Crippen LogP contribution in [0.3, 0.4) is 0 Å². The predicted octanol–water partition coefficient (Wildman–Crippen LogP) is 3.11. The van der Waals surface area contributed by atoms with Gasteiger partial charge in [-0.05, 0) is 18.3 Å². The van der Waals surface area contributed by atoms with Crippen molar-refractivity contribution in [3.05, 3.63) is 0 Å². The number of nitrogens with one attached hydrogen (secondary N) is 1. The fraction of sp³-hybridized carbons (Fsp3) is 0.882. The molecule has 0 bridgehead atoms. The molecule has 1 saturated heterocycles. The Labute approximate surface area is 129 Å². The molecule has 122 valence electrons. The smallest absolute Gasteiger partial charge is 0.246 e. The fourth-order valence-electron chi connectivity index (χ4n) is 2.91. The van der Waals surface area contributed by atoms with E-state index in [0.29, 0.717) is 13.0 Å². The summed E-state index contributed by atoms with van der Waals surface area (Å²) in [6.45, 7) is 10.9. The maximum atomic E-state index is 12.7. The molecular formula is C17H32N2O2. The van der Waals surface area contributed by atoms with E-state index in [-0.39, 0.29) is 23.3 Å². The molecule has 0 aromatic heterocycles. The fourth-order valence-corrected chi connectivity index (χ4v) is 2.91. The average Bonchev–Trinajstić information content (AvgIpc) is 2.40. The Morgan fingerprint density at radius 1 is 1.05 bits per heavy atom. The van der Waals surface area contributed by atoms with E-state index < -0.39 is 6.04 Å². The van der Waals surface area contributed by atoms with E-state index >= 15 is 0 Å². The summed E-state index contributed by atoms with van der Waals surface area (Å²) in [7, 11) is 0. The summed E-state index contributed by atoms with van der Waals surface area (Å²) < 4.78 is 0. The lowest BCUT2D eigenvalue weighted by atomic mass is 9.83. The monoisotopic (exact) mass is 296 g/mol. The van der Waals surface area contributed by atoms with Crippen molar-refractivity contribution in [1.82, 2.24) is 10.2 Å². The van der Waals surface area contributed by atoms with Gasteiger partial charge in [-0.3, -0.25) is 9.59 Å². The molecule has 0 saturated carbocycles. The van der Waals surface area contributed by atoms with E-state index in [0.717, 1.165) is 12.8 Å². The summed E-state index contributed by atoms with van der Waals surface area (Å²) in [5.41, 5.74) is -0.244. The molecule has 2 unspecified atom stereocenters. The molecular weight excluding hydrogens is 264 g/mol. The first-order valence-corrected chi connectivity index (χ1v) is 8.43. The molecule has 0 spiro atoms. The van der Waals surface area contributed by atoms with Crippen molar-refractivity contribution >= 4 is 11.8 Å². The van der Waals surface area contributed by atoms with Crippen molar-refractivity contribution in [2.45, 2.75) is 85.2 Å². The Bertz CT molecular complexity index is 360. The van der Waals surface area contributed by atoms with Gasteiger partial charge in [0.15, 0.2) is 0 Å². The summed E-state index contributed by atoms with van der Waals surface area (Å²) in [4.78, 5) is 26.8. The van der Waals surface area contributed by atoms with Crippen LogP contribution in [-0.4, -0.2) is 35.3 Å². The molecule has 0 aliphatic carbocycles. The van der Waals surface area contributed by atoms with E-state index in [2.05, 4.69) is 12.2 Å². The molecule has 2 atom stereocenters. The number of rotatable bonds is 7. The minimum atomic E-state index is -0.400. The molecule has 1 heterocycles. The van der Waals surface area contributed by atoms with E-state index in [1.54, 1.807) is 0 Å². The van der Waals surface area contributed by atoms with E-state index in [4.69, 9.17) is 0 Å². The summed E-state index contributed by atoms with van der Waals surface area (Å²) >= 11 is 0. The highest BCUT2D eigenvalue weighted by Crippen LogP contribution is 2.26. The normalized spacial score (nSPS) is 23.4. The minimum absolute atomic E-state index is 0.00517. The first-order valence-electron chi connectivity index (χ1n) is 8.43. The van der Waals surface area contributed by atoms with Crippen LogP contribution < -0.4 is 5.32 Å². The second kappa shape index (κ2) is 7.81. The number of carbonyl (C=O) groups is 2. The third-order valence-electron chi connectivity index (χ3n) is 4.25.